The van der Waals surface area contributed by atoms with Gasteiger partial charge in [0.25, 0.3) is 0 Å². The van der Waals surface area contributed by atoms with Crippen LogP contribution in [0.5, 0.6) is 0 Å². The summed E-state index contributed by atoms with van der Waals surface area (Å²) in [5, 5.41) is 14.7. The fourth-order valence-corrected chi connectivity index (χ4v) is 4.19. The van der Waals surface area contributed by atoms with Gasteiger partial charge in [0, 0.05) is 23.6 Å². The quantitative estimate of drug-likeness (QED) is 0.471. The van der Waals surface area contributed by atoms with E-state index in [1.54, 1.807) is 17.0 Å². The largest absolute Gasteiger partial charge is 0.369 e. The number of nitrogens with one attached hydrogen (secondary N) is 2. The van der Waals surface area contributed by atoms with Crippen LogP contribution in [0.15, 0.2) is 42.1 Å². The molecule has 9 nitrogen and oxygen atoms in total. The van der Waals surface area contributed by atoms with Gasteiger partial charge in [-0.05, 0) is 37.0 Å². The summed E-state index contributed by atoms with van der Waals surface area (Å²) >= 11 is 6.21. The first kappa shape index (κ1) is 25.9. The second-order valence-corrected chi connectivity index (χ2v) is 8.91. The Morgan fingerprint density at radius 3 is 2.71 bits per heavy atom. The first-order valence-electron chi connectivity index (χ1n) is 11.6. The summed E-state index contributed by atoms with van der Waals surface area (Å²) in [6.45, 7) is 6.24. The number of rotatable bonds is 10. The average Bonchev–Trinajstić information content (AvgIpc) is 3.26. The van der Waals surface area contributed by atoms with Gasteiger partial charge in [0.15, 0.2) is 0 Å². The molecule has 1 aliphatic carbocycles. The average molecular weight is 489 g/mol. The van der Waals surface area contributed by atoms with Crippen molar-refractivity contribution in [3.8, 4) is 0 Å². The summed E-state index contributed by atoms with van der Waals surface area (Å²) in [5.41, 5.74) is 8.44. The molecule has 0 radical (unpaired) electrons. The minimum absolute atomic E-state index is 0.0141. The van der Waals surface area contributed by atoms with E-state index in [2.05, 4.69) is 20.9 Å². The van der Waals surface area contributed by atoms with Crippen LogP contribution >= 0.6 is 11.6 Å². The van der Waals surface area contributed by atoms with Gasteiger partial charge >= 0.3 is 0 Å². The first-order chi connectivity index (χ1) is 16.3. The summed E-state index contributed by atoms with van der Waals surface area (Å²) in [6.07, 6.45) is 5.08. The van der Waals surface area contributed by atoms with Crippen LogP contribution in [-0.2, 0) is 27.4 Å². The number of hydrogen-bond acceptors (Lipinski definition) is 6. The molecule has 4 N–H and O–H groups in total. The summed E-state index contributed by atoms with van der Waals surface area (Å²) in [5.74, 6) is -0.421. The van der Waals surface area contributed by atoms with Gasteiger partial charge in [-0.15, -0.1) is 5.10 Å². The Bertz CT molecular complexity index is 1020. The highest BCUT2D eigenvalue weighted by Gasteiger charge is 2.35. The number of carbonyl (C=O) groups is 2. The molecule has 1 aromatic carbocycles. The maximum Gasteiger partial charge on any atom is 0.247 e. The monoisotopic (exact) mass is 488 g/mol. The highest BCUT2D eigenvalue weighted by atomic mass is 35.5. The predicted octanol–water partition coefficient (Wildman–Crippen LogP) is 2.33. The van der Waals surface area contributed by atoms with Gasteiger partial charge in [0.2, 0.25) is 11.8 Å². The molecule has 3 rings (SSSR count). The Hall–Kier alpha value is -2.75. The van der Waals surface area contributed by atoms with Crippen LogP contribution in [0.4, 0.5) is 0 Å². The van der Waals surface area contributed by atoms with Crippen molar-refractivity contribution in [3.05, 3.63) is 58.4 Å². The maximum atomic E-state index is 12.9. The van der Waals surface area contributed by atoms with Crippen LogP contribution in [-0.4, -0.2) is 51.1 Å². The number of benzene rings is 1. The van der Waals surface area contributed by atoms with Gasteiger partial charge in [-0.3, -0.25) is 9.59 Å². The standard InChI is InChI=1S/C24H33ClN6O3/c1-4-19(5-2)34-22-11-17(10-21(26)23(22)28-15(3)32)24(33)27-12-18-14-31(30-29-18)13-16-8-6-7-9-20(16)25/h6-9,11,14,19,21-23H,4-5,10,12-13,26H2,1-3H3,(H,27,33)(H,28,32)/t21-,22+,23+/m0/s1. The van der Waals surface area contributed by atoms with E-state index in [0.717, 1.165) is 18.4 Å². The first-order valence-corrected chi connectivity index (χ1v) is 12.0. The van der Waals surface area contributed by atoms with Crippen LogP contribution < -0.4 is 16.4 Å². The van der Waals surface area contributed by atoms with Crippen LogP contribution in [0.3, 0.4) is 0 Å². The zero-order valence-corrected chi connectivity index (χ0v) is 20.6. The van der Waals surface area contributed by atoms with Crippen molar-refractivity contribution in [2.75, 3.05) is 0 Å². The molecule has 10 heteroatoms. The number of hydrogen-bond donors (Lipinski definition) is 3. The van der Waals surface area contributed by atoms with Crippen molar-refractivity contribution in [3.63, 3.8) is 0 Å². The number of amides is 2. The van der Waals surface area contributed by atoms with Crippen molar-refractivity contribution >= 4 is 23.4 Å². The third kappa shape index (κ3) is 6.88. The summed E-state index contributed by atoms with van der Waals surface area (Å²) in [7, 11) is 0. The van der Waals surface area contributed by atoms with E-state index in [-0.39, 0.29) is 30.5 Å². The van der Waals surface area contributed by atoms with Gasteiger partial charge in [0.05, 0.1) is 37.5 Å². The third-order valence-electron chi connectivity index (χ3n) is 5.86. The second-order valence-electron chi connectivity index (χ2n) is 8.51. The lowest BCUT2D eigenvalue weighted by atomic mass is 9.87. The van der Waals surface area contributed by atoms with E-state index in [9.17, 15) is 9.59 Å². The zero-order valence-electron chi connectivity index (χ0n) is 19.8. The molecule has 184 valence electrons. The zero-order chi connectivity index (χ0) is 24.7. The molecule has 0 spiro atoms. The van der Waals surface area contributed by atoms with E-state index in [0.29, 0.717) is 29.3 Å². The SMILES string of the molecule is CCC(CC)O[C@@H]1C=C(C(=O)NCc2cn(Cc3ccccc3Cl)nn2)C[C@H](N)[C@H]1NC(C)=O. The van der Waals surface area contributed by atoms with Gasteiger partial charge in [0.1, 0.15) is 5.69 Å². The Morgan fingerprint density at radius 2 is 2.03 bits per heavy atom. The van der Waals surface area contributed by atoms with Crippen molar-refractivity contribution < 1.29 is 14.3 Å². The predicted molar refractivity (Wildman–Crippen MR) is 130 cm³/mol. The number of nitrogens with zero attached hydrogens (tertiary/aromatic N) is 3. The van der Waals surface area contributed by atoms with Crippen LogP contribution in [0.25, 0.3) is 0 Å². The molecule has 2 aromatic rings. The molecule has 0 bridgehead atoms. The van der Waals surface area contributed by atoms with Gasteiger partial charge < -0.3 is 21.1 Å². The molecule has 0 aliphatic heterocycles. The minimum atomic E-state index is -0.477. The maximum absolute atomic E-state index is 12.9. The number of nitrogens with two attached hydrogens (primary N) is 1. The fourth-order valence-electron chi connectivity index (χ4n) is 4.00. The second kappa shape index (κ2) is 12.1. The van der Waals surface area contributed by atoms with Gasteiger partial charge in [-0.25, -0.2) is 4.68 Å². The third-order valence-corrected chi connectivity index (χ3v) is 6.23. The molecule has 2 amide bonds. The Labute approximate surface area is 205 Å². The highest BCUT2D eigenvalue weighted by Crippen LogP contribution is 2.23. The van der Waals surface area contributed by atoms with Crippen molar-refractivity contribution in [1.82, 2.24) is 25.6 Å². The molecule has 34 heavy (non-hydrogen) atoms. The summed E-state index contributed by atoms with van der Waals surface area (Å²) < 4.78 is 7.88. The molecule has 3 atom stereocenters. The molecule has 1 aliphatic rings. The summed E-state index contributed by atoms with van der Waals surface area (Å²) in [6, 6.07) is 6.72. The minimum Gasteiger partial charge on any atom is -0.369 e. The molecule has 0 unspecified atom stereocenters. The van der Waals surface area contributed by atoms with E-state index in [1.165, 1.54) is 6.92 Å². The Kier molecular flexibility index (Phi) is 9.20. The molecule has 1 aromatic heterocycles. The number of halogens is 1. The number of aromatic nitrogens is 3. The molecular weight excluding hydrogens is 456 g/mol. The Morgan fingerprint density at radius 1 is 1.29 bits per heavy atom. The lowest BCUT2D eigenvalue weighted by Crippen LogP contribution is -2.57. The van der Waals surface area contributed by atoms with Crippen molar-refractivity contribution in [2.45, 2.75) is 77.4 Å². The number of carbonyl (C=O) groups excluding carboxylic acids is 2. The summed E-state index contributed by atoms with van der Waals surface area (Å²) in [4.78, 5) is 24.6. The Balaban J connectivity index is 1.65. The van der Waals surface area contributed by atoms with E-state index >= 15 is 0 Å². The normalized spacial score (nSPS) is 20.2. The van der Waals surface area contributed by atoms with E-state index < -0.39 is 12.1 Å². The van der Waals surface area contributed by atoms with Gasteiger partial charge in [-0.1, -0.05) is 48.9 Å². The van der Waals surface area contributed by atoms with Crippen LogP contribution in [0, 0.1) is 0 Å². The van der Waals surface area contributed by atoms with E-state index in [1.807, 2.05) is 38.1 Å². The molecule has 0 saturated carbocycles. The fraction of sp³-hybridized carbons (Fsp3) is 0.500. The topological polar surface area (TPSA) is 124 Å². The van der Waals surface area contributed by atoms with Crippen molar-refractivity contribution in [1.29, 1.82) is 0 Å². The lowest BCUT2D eigenvalue weighted by molar-refractivity contribution is -0.121. The number of ether oxygens (including phenoxy) is 1. The molecule has 1 heterocycles. The molecular formula is C24H33ClN6O3. The van der Waals surface area contributed by atoms with Gasteiger partial charge in [-0.2, -0.15) is 0 Å². The van der Waals surface area contributed by atoms with Crippen LogP contribution in [0.1, 0.15) is 51.3 Å². The smallest absolute Gasteiger partial charge is 0.247 e. The molecule has 0 fully saturated rings. The van der Waals surface area contributed by atoms with Crippen molar-refractivity contribution in [2.24, 2.45) is 5.73 Å². The lowest BCUT2D eigenvalue weighted by Gasteiger charge is -2.36. The van der Waals surface area contributed by atoms with Crippen LogP contribution in [0.2, 0.25) is 5.02 Å². The molecule has 0 saturated heterocycles. The highest BCUT2D eigenvalue weighted by molar-refractivity contribution is 6.31. The van der Waals surface area contributed by atoms with E-state index in [4.69, 9.17) is 22.1 Å².